The Balaban J connectivity index is 1.48. The van der Waals surface area contributed by atoms with Gasteiger partial charge in [0.15, 0.2) is 0 Å². The fourth-order valence-corrected chi connectivity index (χ4v) is 3.55. The Morgan fingerprint density at radius 1 is 1.05 bits per heavy atom. The van der Waals surface area contributed by atoms with Crippen LogP contribution < -0.4 is 4.90 Å². The van der Waals surface area contributed by atoms with Crippen molar-refractivity contribution in [2.24, 2.45) is 0 Å². The molecule has 0 unspecified atom stereocenters. The molecule has 1 atom stereocenters. The number of anilines is 1. The zero-order valence-electron chi connectivity index (χ0n) is 13.0. The molecule has 0 spiro atoms. The molecule has 4 heteroatoms. The summed E-state index contributed by atoms with van der Waals surface area (Å²) in [7, 11) is 0. The largest absolute Gasteiger partial charge is 0.508 e. The van der Waals surface area contributed by atoms with Gasteiger partial charge in [-0.25, -0.2) is 0 Å². The van der Waals surface area contributed by atoms with Crippen molar-refractivity contribution in [1.82, 2.24) is 9.80 Å². The molecule has 2 aliphatic rings. The number of benzene rings is 1. The van der Waals surface area contributed by atoms with E-state index in [1.165, 1.54) is 32.5 Å². The molecule has 116 valence electrons. The topological polar surface area (TPSA) is 30.0 Å². The van der Waals surface area contributed by atoms with E-state index >= 15 is 0 Å². The lowest BCUT2D eigenvalue weighted by molar-refractivity contribution is 0.165. The van der Waals surface area contributed by atoms with Crippen LogP contribution in [0.25, 0.3) is 0 Å². The predicted octanol–water partition coefficient (Wildman–Crippen LogP) is 2.00. The third-order valence-corrected chi connectivity index (χ3v) is 4.85. The summed E-state index contributed by atoms with van der Waals surface area (Å²) in [6.45, 7) is 10.5. The third-order valence-electron chi connectivity index (χ3n) is 4.85. The minimum Gasteiger partial charge on any atom is -0.508 e. The number of rotatable bonds is 4. The fraction of sp³-hybridized carbons (Fsp3) is 0.647. The standard InChI is InChI=1S/C17H27N3O/c1-15(19-7-2-3-8-19)14-18-9-11-20(12-10-18)16-5-4-6-17(21)13-16/h4-6,13,15,21H,2-3,7-12,14H2,1H3/t15-/m0/s1. The summed E-state index contributed by atoms with van der Waals surface area (Å²) in [6.07, 6.45) is 2.74. The first kappa shape index (κ1) is 14.7. The van der Waals surface area contributed by atoms with E-state index in [9.17, 15) is 5.11 Å². The quantitative estimate of drug-likeness (QED) is 0.918. The Morgan fingerprint density at radius 2 is 1.76 bits per heavy atom. The molecule has 21 heavy (non-hydrogen) atoms. The van der Waals surface area contributed by atoms with Crippen LogP contribution in [0.3, 0.4) is 0 Å². The van der Waals surface area contributed by atoms with Gasteiger partial charge in [0.05, 0.1) is 0 Å². The zero-order chi connectivity index (χ0) is 14.7. The summed E-state index contributed by atoms with van der Waals surface area (Å²) in [5.74, 6) is 0.359. The maximum Gasteiger partial charge on any atom is 0.117 e. The first-order chi connectivity index (χ1) is 10.2. The van der Waals surface area contributed by atoms with Crippen LogP contribution in [-0.2, 0) is 0 Å². The van der Waals surface area contributed by atoms with Gasteiger partial charge in [-0.15, -0.1) is 0 Å². The molecule has 0 amide bonds. The van der Waals surface area contributed by atoms with Gasteiger partial charge in [0.25, 0.3) is 0 Å². The minimum atomic E-state index is 0.359. The van der Waals surface area contributed by atoms with Crippen molar-refractivity contribution in [2.75, 3.05) is 50.7 Å². The van der Waals surface area contributed by atoms with Gasteiger partial charge in [-0.1, -0.05) is 6.07 Å². The molecule has 0 radical (unpaired) electrons. The van der Waals surface area contributed by atoms with E-state index in [1.807, 2.05) is 12.1 Å². The van der Waals surface area contributed by atoms with E-state index < -0.39 is 0 Å². The van der Waals surface area contributed by atoms with Crippen LogP contribution in [0.5, 0.6) is 5.75 Å². The number of piperazine rings is 1. The average molecular weight is 289 g/mol. The molecule has 4 nitrogen and oxygen atoms in total. The average Bonchev–Trinajstić information content (AvgIpc) is 3.02. The lowest BCUT2D eigenvalue weighted by atomic mass is 10.2. The van der Waals surface area contributed by atoms with Crippen LogP contribution in [0.2, 0.25) is 0 Å². The Hall–Kier alpha value is -1.26. The summed E-state index contributed by atoms with van der Waals surface area (Å²) in [6, 6.07) is 8.29. The lowest BCUT2D eigenvalue weighted by Crippen LogP contribution is -2.50. The van der Waals surface area contributed by atoms with Crippen molar-refractivity contribution in [3.8, 4) is 5.75 Å². The van der Waals surface area contributed by atoms with Crippen LogP contribution in [-0.4, -0.2) is 66.8 Å². The number of nitrogens with zero attached hydrogens (tertiary/aromatic N) is 3. The van der Waals surface area contributed by atoms with Crippen LogP contribution in [0.1, 0.15) is 19.8 Å². The molecule has 0 aromatic heterocycles. The van der Waals surface area contributed by atoms with Gasteiger partial charge in [0.2, 0.25) is 0 Å². The highest BCUT2D eigenvalue weighted by Crippen LogP contribution is 2.21. The number of hydrogen-bond acceptors (Lipinski definition) is 4. The molecule has 0 saturated carbocycles. The molecule has 2 fully saturated rings. The molecular weight excluding hydrogens is 262 g/mol. The van der Waals surface area contributed by atoms with Crippen molar-refractivity contribution >= 4 is 5.69 Å². The number of hydrogen-bond donors (Lipinski definition) is 1. The van der Waals surface area contributed by atoms with Gasteiger partial charge in [-0.2, -0.15) is 0 Å². The van der Waals surface area contributed by atoms with Crippen molar-refractivity contribution in [2.45, 2.75) is 25.8 Å². The molecule has 2 aliphatic heterocycles. The number of aromatic hydroxyl groups is 1. The zero-order valence-corrected chi connectivity index (χ0v) is 13.0. The van der Waals surface area contributed by atoms with E-state index in [-0.39, 0.29) is 0 Å². The Bertz CT molecular complexity index is 451. The molecule has 0 aliphatic carbocycles. The molecule has 1 aromatic carbocycles. The number of phenols is 1. The smallest absolute Gasteiger partial charge is 0.117 e. The maximum absolute atomic E-state index is 9.59. The van der Waals surface area contributed by atoms with E-state index in [1.54, 1.807) is 6.07 Å². The third kappa shape index (κ3) is 3.69. The first-order valence-corrected chi connectivity index (χ1v) is 8.23. The highest BCUT2D eigenvalue weighted by Gasteiger charge is 2.23. The van der Waals surface area contributed by atoms with Gasteiger partial charge in [-0.3, -0.25) is 9.80 Å². The number of phenolic OH excluding ortho intramolecular Hbond substituents is 1. The maximum atomic E-state index is 9.59. The van der Waals surface area contributed by atoms with Gasteiger partial charge in [0.1, 0.15) is 5.75 Å². The molecule has 1 N–H and O–H groups in total. The van der Waals surface area contributed by atoms with E-state index in [0.717, 1.165) is 31.9 Å². The Labute approximate surface area is 128 Å². The van der Waals surface area contributed by atoms with Crippen LogP contribution in [0.15, 0.2) is 24.3 Å². The first-order valence-electron chi connectivity index (χ1n) is 8.23. The summed E-state index contributed by atoms with van der Waals surface area (Å²) in [5.41, 5.74) is 1.14. The monoisotopic (exact) mass is 289 g/mol. The summed E-state index contributed by atoms with van der Waals surface area (Å²) in [4.78, 5) is 7.58. The summed E-state index contributed by atoms with van der Waals surface area (Å²) in [5, 5.41) is 9.59. The lowest BCUT2D eigenvalue weighted by Gasteiger charge is -2.38. The van der Waals surface area contributed by atoms with E-state index in [4.69, 9.17) is 0 Å². The van der Waals surface area contributed by atoms with Crippen molar-refractivity contribution in [1.29, 1.82) is 0 Å². The highest BCUT2D eigenvalue weighted by molar-refractivity contribution is 5.50. The molecule has 2 heterocycles. The molecule has 2 saturated heterocycles. The molecule has 3 rings (SSSR count). The summed E-state index contributed by atoms with van der Waals surface area (Å²) < 4.78 is 0. The predicted molar refractivity (Wildman–Crippen MR) is 87.0 cm³/mol. The van der Waals surface area contributed by atoms with Crippen LogP contribution in [0.4, 0.5) is 5.69 Å². The van der Waals surface area contributed by atoms with Gasteiger partial charge in [-0.05, 0) is 45.0 Å². The Morgan fingerprint density at radius 3 is 2.43 bits per heavy atom. The van der Waals surface area contributed by atoms with E-state index in [0.29, 0.717) is 11.8 Å². The summed E-state index contributed by atoms with van der Waals surface area (Å²) >= 11 is 0. The van der Waals surface area contributed by atoms with Crippen molar-refractivity contribution in [3.63, 3.8) is 0 Å². The fourth-order valence-electron chi connectivity index (χ4n) is 3.55. The minimum absolute atomic E-state index is 0.359. The van der Waals surface area contributed by atoms with Crippen molar-refractivity contribution in [3.05, 3.63) is 24.3 Å². The SMILES string of the molecule is C[C@@H](CN1CCN(c2cccc(O)c2)CC1)N1CCCC1. The second kappa shape index (κ2) is 6.67. The van der Waals surface area contributed by atoms with E-state index in [2.05, 4.69) is 27.7 Å². The van der Waals surface area contributed by atoms with Gasteiger partial charge in [0, 0.05) is 50.5 Å². The van der Waals surface area contributed by atoms with Crippen molar-refractivity contribution < 1.29 is 5.11 Å². The second-order valence-electron chi connectivity index (χ2n) is 6.40. The molecule has 1 aromatic rings. The van der Waals surface area contributed by atoms with Crippen LogP contribution >= 0.6 is 0 Å². The van der Waals surface area contributed by atoms with Gasteiger partial charge >= 0.3 is 0 Å². The second-order valence-corrected chi connectivity index (χ2v) is 6.40. The number of likely N-dealkylation sites (tertiary alicyclic amines) is 1. The molecule has 0 bridgehead atoms. The highest BCUT2D eigenvalue weighted by atomic mass is 16.3. The molecular formula is C17H27N3O. The normalized spacial score (nSPS) is 22.6. The van der Waals surface area contributed by atoms with Gasteiger partial charge < -0.3 is 10.0 Å². The van der Waals surface area contributed by atoms with Crippen LogP contribution in [0, 0.1) is 0 Å². The Kier molecular flexibility index (Phi) is 4.66.